The van der Waals surface area contributed by atoms with Crippen LogP contribution >= 0.6 is 11.6 Å². The molecule has 0 aliphatic carbocycles. The quantitative estimate of drug-likeness (QED) is 0.657. The molecule has 6 nitrogen and oxygen atoms in total. The fourth-order valence-electron chi connectivity index (χ4n) is 2.11. The van der Waals surface area contributed by atoms with Crippen LogP contribution in [0.2, 0.25) is 0 Å². The fraction of sp³-hybridized carbons (Fsp3) is 0.200. The first-order valence-electron chi connectivity index (χ1n) is 6.63. The van der Waals surface area contributed by atoms with Crippen LogP contribution < -0.4 is 10.6 Å². The van der Waals surface area contributed by atoms with Crippen molar-refractivity contribution in [1.29, 1.82) is 0 Å². The van der Waals surface area contributed by atoms with E-state index in [-0.39, 0.29) is 18.0 Å². The normalized spacial score (nSPS) is 11.9. The molecule has 1 heterocycles. The SMILES string of the molecule is C=C(Cl)CNC(=O)N[C@H](Cc1c[nH]c2ccccc12)C(=O)O. The summed E-state index contributed by atoms with van der Waals surface area (Å²) in [5.41, 5.74) is 1.74. The predicted octanol–water partition coefficient (Wildman–Crippen LogP) is 2.22. The van der Waals surface area contributed by atoms with Gasteiger partial charge in [0.1, 0.15) is 6.04 Å². The number of carboxylic acids is 1. The maximum Gasteiger partial charge on any atom is 0.326 e. The van der Waals surface area contributed by atoms with Crippen molar-refractivity contribution in [3.63, 3.8) is 0 Å². The van der Waals surface area contributed by atoms with Gasteiger partial charge in [-0.05, 0) is 11.6 Å². The lowest BCUT2D eigenvalue weighted by Crippen LogP contribution is -2.47. The zero-order chi connectivity index (χ0) is 16.1. The zero-order valence-electron chi connectivity index (χ0n) is 11.7. The number of fused-ring (bicyclic) bond motifs is 1. The van der Waals surface area contributed by atoms with E-state index < -0.39 is 18.0 Å². The van der Waals surface area contributed by atoms with Gasteiger partial charge in [-0.25, -0.2) is 9.59 Å². The first kappa shape index (κ1) is 15.9. The third kappa shape index (κ3) is 4.02. The Morgan fingerprint density at radius 2 is 2.09 bits per heavy atom. The molecular formula is C15H16ClN3O3. The third-order valence-corrected chi connectivity index (χ3v) is 3.28. The van der Waals surface area contributed by atoms with E-state index in [9.17, 15) is 14.7 Å². The molecule has 1 aromatic heterocycles. The minimum absolute atomic E-state index is 0.0762. The van der Waals surface area contributed by atoms with Gasteiger partial charge < -0.3 is 20.7 Å². The molecule has 2 amide bonds. The van der Waals surface area contributed by atoms with Gasteiger partial charge in [0, 0.05) is 28.6 Å². The first-order valence-corrected chi connectivity index (χ1v) is 7.00. The van der Waals surface area contributed by atoms with E-state index >= 15 is 0 Å². The van der Waals surface area contributed by atoms with E-state index in [0.717, 1.165) is 16.5 Å². The van der Waals surface area contributed by atoms with Gasteiger partial charge in [-0.15, -0.1) is 0 Å². The molecule has 22 heavy (non-hydrogen) atoms. The molecule has 0 unspecified atom stereocenters. The van der Waals surface area contributed by atoms with Crippen molar-refractivity contribution in [3.8, 4) is 0 Å². The minimum Gasteiger partial charge on any atom is -0.480 e. The highest BCUT2D eigenvalue weighted by atomic mass is 35.5. The molecule has 1 atom stereocenters. The second-order valence-electron chi connectivity index (χ2n) is 4.80. The van der Waals surface area contributed by atoms with Crippen molar-refractivity contribution >= 4 is 34.5 Å². The second-order valence-corrected chi connectivity index (χ2v) is 5.33. The molecular weight excluding hydrogens is 306 g/mol. The van der Waals surface area contributed by atoms with E-state index in [4.69, 9.17) is 11.6 Å². The van der Waals surface area contributed by atoms with E-state index in [1.165, 1.54) is 0 Å². The number of benzene rings is 1. The average Bonchev–Trinajstić information content (AvgIpc) is 2.87. The smallest absolute Gasteiger partial charge is 0.326 e. The Hall–Kier alpha value is -2.47. The van der Waals surface area contributed by atoms with E-state index in [1.54, 1.807) is 6.20 Å². The highest BCUT2D eigenvalue weighted by Gasteiger charge is 2.21. The number of carbonyl (C=O) groups is 2. The average molecular weight is 322 g/mol. The predicted molar refractivity (Wildman–Crippen MR) is 85.0 cm³/mol. The topological polar surface area (TPSA) is 94.2 Å². The van der Waals surface area contributed by atoms with E-state index in [0.29, 0.717) is 0 Å². The van der Waals surface area contributed by atoms with E-state index in [2.05, 4.69) is 22.2 Å². The number of rotatable bonds is 6. The van der Waals surface area contributed by atoms with Crippen LogP contribution in [0.4, 0.5) is 4.79 Å². The van der Waals surface area contributed by atoms with Crippen molar-refractivity contribution in [2.24, 2.45) is 0 Å². The number of aliphatic carboxylic acids is 1. The van der Waals surface area contributed by atoms with Gasteiger partial charge in [0.25, 0.3) is 0 Å². The summed E-state index contributed by atoms with van der Waals surface area (Å²) in [7, 11) is 0. The molecule has 0 aliphatic heterocycles. The lowest BCUT2D eigenvalue weighted by atomic mass is 10.1. The first-order chi connectivity index (χ1) is 10.5. The standard InChI is InChI=1S/C15H16ClN3O3/c1-9(16)7-18-15(22)19-13(14(20)21)6-10-8-17-12-5-3-2-4-11(10)12/h2-5,8,13,17H,1,6-7H2,(H,20,21)(H2,18,19,22)/t13-/m1/s1. The highest BCUT2D eigenvalue weighted by molar-refractivity contribution is 6.29. The molecule has 2 rings (SSSR count). The van der Waals surface area contributed by atoms with Crippen molar-refractivity contribution < 1.29 is 14.7 Å². The van der Waals surface area contributed by atoms with Crippen molar-refractivity contribution in [2.45, 2.75) is 12.5 Å². The number of aromatic amines is 1. The monoisotopic (exact) mass is 321 g/mol. The van der Waals surface area contributed by atoms with Gasteiger partial charge in [0.05, 0.1) is 6.54 Å². The zero-order valence-corrected chi connectivity index (χ0v) is 12.5. The molecule has 7 heteroatoms. The lowest BCUT2D eigenvalue weighted by Gasteiger charge is -2.14. The van der Waals surface area contributed by atoms with Crippen LogP contribution in [-0.4, -0.2) is 34.7 Å². The number of para-hydroxylation sites is 1. The molecule has 0 aliphatic rings. The second kappa shape index (κ2) is 7.00. The summed E-state index contributed by atoms with van der Waals surface area (Å²) in [6.45, 7) is 3.51. The van der Waals surface area contributed by atoms with Gasteiger partial charge in [-0.1, -0.05) is 36.4 Å². The summed E-state index contributed by atoms with van der Waals surface area (Å²) >= 11 is 5.54. The number of carbonyl (C=O) groups excluding carboxylic acids is 1. The van der Waals surface area contributed by atoms with Crippen LogP contribution in [0.3, 0.4) is 0 Å². The molecule has 0 saturated carbocycles. The number of hydrogen-bond donors (Lipinski definition) is 4. The summed E-state index contributed by atoms with van der Waals surface area (Å²) in [5, 5.41) is 15.3. The molecule has 1 aromatic carbocycles. The molecule has 0 fully saturated rings. The summed E-state index contributed by atoms with van der Waals surface area (Å²) in [4.78, 5) is 26.1. The van der Waals surface area contributed by atoms with Gasteiger partial charge in [0.2, 0.25) is 0 Å². The molecule has 0 radical (unpaired) electrons. The van der Waals surface area contributed by atoms with E-state index in [1.807, 2.05) is 24.3 Å². The maximum atomic E-state index is 11.7. The summed E-state index contributed by atoms with van der Waals surface area (Å²) in [5.74, 6) is -1.11. The number of halogens is 1. The number of H-pyrrole nitrogens is 1. The fourth-order valence-corrected chi connectivity index (χ4v) is 2.17. The van der Waals surface area contributed by atoms with Crippen LogP contribution in [0.15, 0.2) is 42.1 Å². The number of carboxylic acid groups (broad SMARTS) is 1. The number of hydrogen-bond acceptors (Lipinski definition) is 2. The molecule has 0 saturated heterocycles. The van der Waals surface area contributed by atoms with Crippen LogP contribution in [0.25, 0.3) is 10.9 Å². The molecule has 116 valence electrons. The summed E-state index contributed by atoms with van der Waals surface area (Å²) < 4.78 is 0. The summed E-state index contributed by atoms with van der Waals surface area (Å²) in [6.07, 6.45) is 1.93. The minimum atomic E-state index is -1.11. The Balaban J connectivity index is 2.07. The molecule has 0 bridgehead atoms. The lowest BCUT2D eigenvalue weighted by molar-refractivity contribution is -0.139. The van der Waals surface area contributed by atoms with Gasteiger partial charge in [-0.2, -0.15) is 0 Å². The Kier molecular flexibility index (Phi) is 5.06. The third-order valence-electron chi connectivity index (χ3n) is 3.14. The number of nitrogens with one attached hydrogen (secondary N) is 3. The van der Waals surface area contributed by atoms with Crippen LogP contribution in [-0.2, 0) is 11.2 Å². The van der Waals surface area contributed by atoms with Crippen molar-refractivity contribution in [2.75, 3.05) is 6.54 Å². The Morgan fingerprint density at radius 1 is 1.36 bits per heavy atom. The Bertz CT molecular complexity index is 711. The summed E-state index contributed by atoms with van der Waals surface area (Å²) in [6, 6.07) is 5.93. The van der Waals surface area contributed by atoms with Gasteiger partial charge in [-0.3, -0.25) is 0 Å². The number of urea groups is 1. The van der Waals surface area contributed by atoms with Gasteiger partial charge in [0.15, 0.2) is 0 Å². The number of aromatic nitrogens is 1. The maximum absolute atomic E-state index is 11.7. The van der Waals surface area contributed by atoms with Crippen LogP contribution in [0.1, 0.15) is 5.56 Å². The Morgan fingerprint density at radius 3 is 2.77 bits per heavy atom. The molecule has 4 N–H and O–H groups in total. The van der Waals surface area contributed by atoms with Gasteiger partial charge >= 0.3 is 12.0 Å². The molecule has 0 spiro atoms. The van der Waals surface area contributed by atoms with Crippen molar-refractivity contribution in [3.05, 3.63) is 47.6 Å². The largest absolute Gasteiger partial charge is 0.480 e. The van der Waals surface area contributed by atoms with Crippen LogP contribution in [0.5, 0.6) is 0 Å². The highest BCUT2D eigenvalue weighted by Crippen LogP contribution is 2.19. The van der Waals surface area contributed by atoms with Crippen LogP contribution in [0, 0.1) is 0 Å². The van der Waals surface area contributed by atoms with Crippen molar-refractivity contribution in [1.82, 2.24) is 15.6 Å². The Labute approximate surface area is 132 Å². The number of amides is 2. The molecule has 2 aromatic rings.